The van der Waals surface area contributed by atoms with Crippen molar-refractivity contribution in [2.24, 2.45) is 5.92 Å². The number of hydrogen-bond acceptors (Lipinski definition) is 3. The predicted molar refractivity (Wildman–Crippen MR) is 105 cm³/mol. The van der Waals surface area contributed by atoms with Gasteiger partial charge < -0.3 is 14.6 Å². The summed E-state index contributed by atoms with van der Waals surface area (Å²) in [5, 5.41) is 2.69. The van der Waals surface area contributed by atoms with Gasteiger partial charge in [0, 0.05) is 17.1 Å². The first-order valence-electron chi connectivity index (χ1n) is 9.54. The molecule has 2 atom stereocenters. The molecule has 29 heavy (non-hydrogen) atoms. The third-order valence-electron chi connectivity index (χ3n) is 5.85. The lowest BCUT2D eigenvalue weighted by atomic mass is 9.63. The van der Waals surface area contributed by atoms with E-state index in [1.807, 2.05) is 46.8 Å². The van der Waals surface area contributed by atoms with E-state index < -0.39 is 36.0 Å². The standard InChI is InChI=1S/C21H25BF3NO3/c1-13-9-10-16(12-17(13)22-28-19(2,3)20(4,5)29-22)26-18(27)14-7-6-8-15(11-14)21(23,24)25/h6-13,17H,1-5H3,(H,26,27). The number of alkyl halides is 3. The first kappa shape index (κ1) is 21.6. The van der Waals surface area contributed by atoms with Crippen LogP contribution in [0.3, 0.4) is 0 Å². The third kappa shape index (κ3) is 4.43. The Hall–Kier alpha value is -2.06. The first-order valence-corrected chi connectivity index (χ1v) is 9.54. The number of halogens is 3. The van der Waals surface area contributed by atoms with Crippen LogP contribution in [0.5, 0.6) is 0 Å². The van der Waals surface area contributed by atoms with Crippen LogP contribution in [0.25, 0.3) is 0 Å². The minimum Gasteiger partial charge on any atom is -0.403 e. The van der Waals surface area contributed by atoms with E-state index in [1.165, 1.54) is 12.1 Å². The van der Waals surface area contributed by atoms with Crippen molar-refractivity contribution in [1.82, 2.24) is 5.32 Å². The van der Waals surface area contributed by atoms with Crippen molar-refractivity contribution >= 4 is 13.0 Å². The summed E-state index contributed by atoms with van der Waals surface area (Å²) in [6.45, 7) is 9.90. The van der Waals surface area contributed by atoms with Crippen LogP contribution in [0.2, 0.25) is 5.82 Å². The summed E-state index contributed by atoms with van der Waals surface area (Å²) in [4.78, 5) is 12.5. The number of hydrogen-bond donors (Lipinski definition) is 1. The number of nitrogens with one attached hydrogen (secondary N) is 1. The SMILES string of the molecule is CC1C=CC(NC(=O)c2cccc(C(F)(F)F)c2)=CC1B1OC(C)(C)C(C)(C)O1. The van der Waals surface area contributed by atoms with Crippen LogP contribution in [-0.2, 0) is 15.5 Å². The van der Waals surface area contributed by atoms with Gasteiger partial charge in [0.15, 0.2) is 0 Å². The van der Waals surface area contributed by atoms with Gasteiger partial charge in [-0.1, -0.05) is 25.1 Å². The molecule has 0 radical (unpaired) electrons. The highest BCUT2D eigenvalue weighted by atomic mass is 19.4. The minimum atomic E-state index is -4.50. The summed E-state index contributed by atoms with van der Waals surface area (Å²) in [6, 6.07) is 4.35. The average molecular weight is 407 g/mol. The van der Waals surface area contributed by atoms with E-state index in [0.717, 1.165) is 12.1 Å². The second-order valence-electron chi connectivity index (χ2n) is 8.57. The Labute approximate surface area is 169 Å². The zero-order valence-corrected chi connectivity index (χ0v) is 17.1. The van der Waals surface area contributed by atoms with Crippen LogP contribution >= 0.6 is 0 Å². The minimum absolute atomic E-state index is 0.0556. The zero-order chi connectivity index (χ0) is 21.6. The molecule has 1 amide bonds. The zero-order valence-electron chi connectivity index (χ0n) is 17.1. The Bertz CT molecular complexity index is 845. The number of benzene rings is 1. The second-order valence-corrected chi connectivity index (χ2v) is 8.57. The molecule has 156 valence electrons. The third-order valence-corrected chi connectivity index (χ3v) is 5.85. The largest absolute Gasteiger partial charge is 0.465 e. The van der Waals surface area contributed by atoms with Crippen LogP contribution in [0.15, 0.2) is 48.2 Å². The lowest BCUT2D eigenvalue weighted by Crippen LogP contribution is -2.41. The molecule has 8 heteroatoms. The predicted octanol–water partition coefficient (Wildman–Crippen LogP) is 4.99. The Morgan fingerprint density at radius 3 is 2.34 bits per heavy atom. The maximum Gasteiger partial charge on any atom is 0.465 e. The van der Waals surface area contributed by atoms with E-state index in [0.29, 0.717) is 5.70 Å². The van der Waals surface area contributed by atoms with Gasteiger partial charge in [-0.05, 0) is 57.9 Å². The molecule has 0 spiro atoms. The maximum absolute atomic E-state index is 12.9. The van der Waals surface area contributed by atoms with Gasteiger partial charge in [-0.15, -0.1) is 0 Å². The highest BCUT2D eigenvalue weighted by Crippen LogP contribution is 2.43. The molecule has 0 aromatic heterocycles. The fraction of sp³-hybridized carbons (Fsp3) is 0.476. The Morgan fingerprint density at radius 1 is 1.14 bits per heavy atom. The quantitative estimate of drug-likeness (QED) is 0.719. The molecule has 1 aromatic carbocycles. The van der Waals surface area contributed by atoms with Crippen molar-refractivity contribution < 1.29 is 27.3 Å². The molecular formula is C21H25BF3NO3. The van der Waals surface area contributed by atoms with Crippen molar-refractivity contribution in [2.45, 2.75) is 57.8 Å². The molecule has 1 aliphatic carbocycles. The molecule has 1 aliphatic heterocycles. The number of carbonyl (C=O) groups excluding carboxylic acids is 1. The van der Waals surface area contributed by atoms with E-state index in [9.17, 15) is 18.0 Å². The van der Waals surface area contributed by atoms with Crippen LogP contribution < -0.4 is 5.32 Å². The number of carbonyl (C=O) groups is 1. The average Bonchev–Trinajstić information content (AvgIpc) is 2.83. The molecular weight excluding hydrogens is 382 g/mol. The van der Waals surface area contributed by atoms with Crippen molar-refractivity contribution in [3.8, 4) is 0 Å². The Kier molecular flexibility index (Phi) is 5.47. The van der Waals surface area contributed by atoms with Crippen LogP contribution in [0.4, 0.5) is 13.2 Å². The van der Waals surface area contributed by atoms with E-state index >= 15 is 0 Å². The smallest absolute Gasteiger partial charge is 0.403 e. The van der Waals surface area contributed by atoms with Crippen molar-refractivity contribution in [3.05, 3.63) is 59.3 Å². The van der Waals surface area contributed by atoms with E-state index in [2.05, 4.69) is 5.32 Å². The molecule has 1 aromatic rings. The Balaban J connectivity index is 1.77. The fourth-order valence-corrected chi connectivity index (χ4v) is 3.29. The molecule has 1 N–H and O–H groups in total. The molecule has 4 nitrogen and oxygen atoms in total. The summed E-state index contributed by atoms with van der Waals surface area (Å²) in [7, 11) is -0.486. The summed E-state index contributed by atoms with van der Waals surface area (Å²) >= 11 is 0. The lowest BCUT2D eigenvalue weighted by Gasteiger charge is -2.32. The number of allylic oxidation sites excluding steroid dienone is 3. The van der Waals surface area contributed by atoms with Gasteiger partial charge in [0.2, 0.25) is 0 Å². The molecule has 2 unspecified atom stereocenters. The highest BCUT2D eigenvalue weighted by Gasteiger charge is 2.54. The van der Waals surface area contributed by atoms with Gasteiger partial charge in [0.05, 0.1) is 16.8 Å². The molecule has 1 heterocycles. The molecule has 0 bridgehead atoms. The summed E-state index contributed by atoms with van der Waals surface area (Å²) in [5.74, 6) is -0.633. The van der Waals surface area contributed by atoms with Crippen molar-refractivity contribution in [2.75, 3.05) is 0 Å². The number of amides is 1. The van der Waals surface area contributed by atoms with Crippen molar-refractivity contribution in [3.63, 3.8) is 0 Å². The van der Waals surface area contributed by atoms with E-state index in [1.54, 1.807) is 6.08 Å². The van der Waals surface area contributed by atoms with Crippen LogP contribution in [0, 0.1) is 5.92 Å². The normalized spacial score (nSPS) is 25.7. The molecule has 2 aliphatic rings. The van der Waals surface area contributed by atoms with Gasteiger partial charge in [-0.3, -0.25) is 4.79 Å². The van der Waals surface area contributed by atoms with Gasteiger partial charge in [-0.2, -0.15) is 13.2 Å². The highest BCUT2D eigenvalue weighted by molar-refractivity contribution is 6.48. The Morgan fingerprint density at radius 2 is 1.76 bits per heavy atom. The second kappa shape index (κ2) is 7.33. The maximum atomic E-state index is 12.9. The van der Waals surface area contributed by atoms with E-state index in [4.69, 9.17) is 9.31 Å². The first-order chi connectivity index (χ1) is 13.3. The molecule has 0 saturated carbocycles. The van der Waals surface area contributed by atoms with Gasteiger partial charge in [-0.25, -0.2) is 0 Å². The van der Waals surface area contributed by atoms with Gasteiger partial charge in [0.1, 0.15) is 0 Å². The number of rotatable bonds is 3. The molecule has 1 saturated heterocycles. The van der Waals surface area contributed by atoms with Gasteiger partial charge >= 0.3 is 13.3 Å². The fourth-order valence-electron chi connectivity index (χ4n) is 3.29. The van der Waals surface area contributed by atoms with Crippen LogP contribution in [-0.4, -0.2) is 24.2 Å². The van der Waals surface area contributed by atoms with E-state index in [-0.39, 0.29) is 17.3 Å². The lowest BCUT2D eigenvalue weighted by molar-refractivity contribution is -0.137. The summed E-state index contributed by atoms with van der Waals surface area (Å²) in [5.41, 5.74) is -1.37. The molecule has 1 fully saturated rings. The molecule has 3 rings (SSSR count). The van der Waals surface area contributed by atoms with Crippen LogP contribution in [0.1, 0.15) is 50.5 Å². The van der Waals surface area contributed by atoms with Gasteiger partial charge in [0.25, 0.3) is 5.91 Å². The monoisotopic (exact) mass is 407 g/mol. The van der Waals surface area contributed by atoms with Crippen molar-refractivity contribution in [1.29, 1.82) is 0 Å². The topological polar surface area (TPSA) is 47.6 Å². The summed E-state index contributed by atoms with van der Waals surface area (Å²) in [6.07, 6.45) is 1.02. The summed E-state index contributed by atoms with van der Waals surface area (Å²) < 4.78 is 51.0.